The monoisotopic (exact) mass is 114 g/mol. The molecule has 0 spiro atoms. The van der Waals surface area contributed by atoms with Gasteiger partial charge in [-0.2, -0.15) is 0 Å². The van der Waals surface area contributed by atoms with E-state index in [1.54, 1.807) is 0 Å². The van der Waals surface area contributed by atoms with E-state index in [-0.39, 0.29) is 36.2 Å². The van der Waals surface area contributed by atoms with Crippen molar-refractivity contribution < 1.29 is 5.11 Å². The minimum atomic E-state index is 0. The van der Waals surface area contributed by atoms with E-state index in [1.807, 2.05) is 0 Å². The Morgan fingerprint density at radius 1 is 1.67 bits per heavy atom. The molecule has 3 heteroatoms. The molecule has 32 valence electrons. The standard InChI is InChI=1S/C3H6OS.Na.H/c4-2-1-3-5;;/h3-4H,1-2H2;;. The number of rotatable bonds is 2. The van der Waals surface area contributed by atoms with Crippen LogP contribution in [-0.2, 0) is 0 Å². The zero-order chi connectivity index (χ0) is 4.12. The van der Waals surface area contributed by atoms with E-state index < -0.39 is 0 Å². The summed E-state index contributed by atoms with van der Waals surface area (Å²) in [6.45, 7) is 0.184. The Hall–Kier alpha value is 1.05. The van der Waals surface area contributed by atoms with Gasteiger partial charge < -0.3 is 5.11 Å². The second-order valence-electron chi connectivity index (χ2n) is 0.679. The molecule has 0 saturated heterocycles. The molecule has 0 heterocycles. The second kappa shape index (κ2) is 9.41. The van der Waals surface area contributed by atoms with Crippen LogP contribution >= 0.6 is 12.2 Å². The van der Waals surface area contributed by atoms with Crippen molar-refractivity contribution in [3.63, 3.8) is 0 Å². The summed E-state index contributed by atoms with van der Waals surface area (Å²) in [7, 11) is 0. The molecular formula is C3H7NaOS. The van der Waals surface area contributed by atoms with Gasteiger partial charge in [0.25, 0.3) is 0 Å². The van der Waals surface area contributed by atoms with Gasteiger partial charge in [-0.1, -0.05) is 12.2 Å². The minimum absolute atomic E-state index is 0. The third-order valence-corrected chi connectivity index (χ3v) is 0.483. The van der Waals surface area contributed by atoms with E-state index in [1.165, 1.54) is 5.37 Å². The van der Waals surface area contributed by atoms with Crippen molar-refractivity contribution in [2.45, 2.75) is 6.42 Å². The van der Waals surface area contributed by atoms with Crippen LogP contribution in [0.3, 0.4) is 0 Å². The van der Waals surface area contributed by atoms with Crippen LogP contribution in [0, 0.1) is 0 Å². The van der Waals surface area contributed by atoms with Crippen molar-refractivity contribution >= 4 is 47.1 Å². The molecule has 0 radical (unpaired) electrons. The first-order chi connectivity index (χ1) is 2.41. The number of aliphatic hydroxyl groups excluding tert-OH is 1. The number of thiocarbonyl (C=S) groups is 1. The van der Waals surface area contributed by atoms with Crippen molar-refractivity contribution in [1.29, 1.82) is 0 Å². The Morgan fingerprint density at radius 2 is 2.17 bits per heavy atom. The molecule has 0 atom stereocenters. The van der Waals surface area contributed by atoms with Crippen molar-refractivity contribution in [2.24, 2.45) is 0 Å². The average Bonchev–Trinajstić information content (AvgIpc) is 1.41. The zero-order valence-electron chi connectivity index (χ0n) is 2.85. The van der Waals surface area contributed by atoms with E-state index in [2.05, 4.69) is 12.2 Å². The quantitative estimate of drug-likeness (QED) is 0.393. The Balaban J connectivity index is 0. The maximum atomic E-state index is 7.97. The topological polar surface area (TPSA) is 20.2 Å². The van der Waals surface area contributed by atoms with Gasteiger partial charge in [0.1, 0.15) is 0 Å². The van der Waals surface area contributed by atoms with Crippen LogP contribution in [0.15, 0.2) is 0 Å². The first-order valence-electron chi connectivity index (χ1n) is 1.46. The van der Waals surface area contributed by atoms with Crippen molar-refractivity contribution in [3.05, 3.63) is 0 Å². The second-order valence-corrected chi connectivity index (χ2v) is 1.01. The third-order valence-electron chi connectivity index (χ3n) is 0.247. The Labute approximate surface area is 65.0 Å². The molecule has 0 rings (SSSR count). The predicted molar refractivity (Wildman–Crippen MR) is 32.5 cm³/mol. The summed E-state index contributed by atoms with van der Waals surface area (Å²) in [5, 5.41) is 9.48. The molecule has 0 aliphatic heterocycles. The molecule has 1 nitrogen and oxygen atoms in total. The molecule has 6 heavy (non-hydrogen) atoms. The van der Waals surface area contributed by atoms with Crippen LogP contribution in [0.2, 0.25) is 0 Å². The van der Waals surface area contributed by atoms with Crippen molar-refractivity contribution in [2.75, 3.05) is 6.61 Å². The van der Waals surface area contributed by atoms with E-state index in [0.717, 1.165) is 0 Å². The zero-order valence-corrected chi connectivity index (χ0v) is 3.66. The normalized spacial score (nSPS) is 6.17. The predicted octanol–water partition coefficient (Wildman–Crippen LogP) is -0.280. The van der Waals surface area contributed by atoms with E-state index in [9.17, 15) is 0 Å². The first-order valence-corrected chi connectivity index (χ1v) is 1.93. The van der Waals surface area contributed by atoms with Crippen LogP contribution in [0.25, 0.3) is 0 Å². The molecule has 0 amide bonds. The van der Waals surface area contributed by atoms with E-state index in [0.29, 0.717) is 6.42 Å². The van der Waals surface area contributed by atoms with Gasteiger partial charge >= 0.3 is 29.6 Å². The summed E-state index contributed by atoms with van der Waals surface area (Å²) >= 11 is 4.37. The summed E-state index contributed by atoms with van der Waals surface area (Å²) < 4.78 is 0. The molecule has 0 fully saturated rings. The summed E-state index contributed by atoms with van der Waals surface area (Å²) in [5.41, 5.74) is 0. The van der Waals surface area contributed by atoms with Crippen LogP contribution < -0.4 is 0 Å². The molecule has 0 aromatic carbocycles. The van der Waals surface area contributed by atoms with Gasteiger partial charge in [-0.15, -0.1) is 0 Å². The van der Waals surface area contributed by atoms with Gasteiger partial charge in [0.2, 0.25) is 0 Å². The van der Waals surface area contributed by atoms with Gasteiger partial charge in [0, 0.05) is 6.61 Å². The average molecular weight is 114 g/mol. The van der Waals surface area contributed by atoms with Crippen molar-refractivity contribution in [3.8, 4) is 0 Å². The molecule has 0 aliphatic carbocycles. The summed E-state index contributed by atoms with van der Waals surface area (Å²) in [6, 6.07) is 0. The van der Waals surface area contributed by atoms with Crippen molar-refractivity contribution in [1.82, 2.24) is 0 Å². The van der Waals surface area contributed by atoms with Gasteiger partial charge in [-0.3, -0.25) is 0 Å². The number of aliphatic hydroxyl groups is 1. The first kappa shape index (κ1) is 10.1. The SMILES string of the molecule is OCCC=S.[NaH]. The van der Waals surface area contributed by atoms with Crippen LogP contribution in [-0.4, -0.2) is 46.6 Å². The number of hydrogen-bond acceptors (Lipinski definition) is 2. The maximum absolute atomic E-state index is 7.97. The Morgan fingerprint density at radius 3 is 2.17 bits per heavy atom. The Bertz CT molecular complexity index is 32.0. The fourth-order valence-electron chi connectivity index (χ4n) is 0.0527. The molecule has 0 saturated carbocycles. The molecule has 0 unspecified atom stereocenters. The Kier molecular flexibility index (Phi) is 15.9. The van der Waals surface area contributed by atoms with E-state index in [4.69, 9.17) is 5.11 Å². The van der Waals surface area contributed by atoms with Gasteiger partial charge in [-0.05, 0) is 11.8 Å². The summed E-state index contributed by atoms with van der Waals surface area (Å²) in [4.78, 5) is 0. The van der Waals surface area contributed by atoms with Crippen LogP contribution in [0.1, 0.15) is 6.42 Å². The fraction of sp³-hybridized carbons (Fsp3) is 0.667. The summed E-state index contributed by atoms with van der Waals surface area (Å²) in [6.07, 6.45) is 0.634. The summed E-state index contributed by atoms with van der Waals surface area (Å²) in [5.74, 6) is 0. The fourth-order valence-corrected chi connectivity index (χ4v) is 0.158. The molecule has 0 aromatic rings. The molecule has 0 aliphatic rings. The molecular weight excluding hydrogens is 107 g/mol. The molecule has 0 aromatic heterocycles. The number of hydrogen-bond donors (Lipinski definition) is 1. The van der Waals surface area contributed by atoms with Gasteiger partial charge in [-0.25, -0.2) is 0 Å². The molecule has 1 N–H and O–H groups in total. The van der Waals surface area contributed by atoms with Crippen LogP contribution in [0.5, 0.6) is 0 Å². The third kappa shape index (κ3) is 8.90. The van der Waals surface area contributed by atoms with E-state index >= 15 is 0 Å². The van der Waals surface area contributed by atoms with Gasteiger partial charge in [0.05, 0.1) is 0 Å². The molecule has 0 bridgehead atoms. The van der Waals surface area contributed by atoms with Crippen LogP contribution in [0.4, 0.5) is 0 Å². The van der Waals surface area contributed by atoms with Gasteiger partial charge in [0.15, 0.2) is 0 Å².